The van der Waals surface area contributed by atoms with E-state index in [0.717, 1.165) is 5.56 Å². The van der Waals surface area contributed by atoms with Gasteiger partial charge in [-0.1, -0.05) is 24.8 Å². The first-order chi connectivity index (χ1) is 5.66. The molecule has 0 saturated heterocycles. The summed E-state index contributed by atoms with van der Waals surface area (Å²) in [6.45, 7) is 3.61. The lowest BCUT2D eigenvalue weighted by molar-refractivity contribution is 0.623. The van der Waals surface area contributed by atoms with E-state index in [9.17, 15) is 4.39 Å². The van der Waals surface area contributed by atoms with Crippen molar-refractivity contribution in [2.24, 2.45) is 0 Å². The minimum absolute atomic E-state index is 0.336. The van der Waals surface area contributed by atoms with Gasteiger partial charge in [-0.15, -0.1) is 0 Å². The fraction of sp³-hybridized carbons (Fsp3) is 0.200. The Bertz CT molecular complexity index is 292. The monoisotopic (exact) mass is 164 g/mol. The van der Waals surface area contributed by atoms with Gasteiger partial charge in [0.15, 0.2) is 5.82 Å². The maximum atomic E-state index is 13.1. The average molecular weight is 164 g/mol. The molecule has 1 aromatic rings. The Kier molecular flexibility index (Phi) is 2.48. The van der Waals surface area contributed by atoms with Gasteiger partial charge >= 0.3 is 0 Å². The van der Waals surface area contributed by atoms with Crippen LogP contribution in [0.3, 0.4) is 0 Å². The van der Waals surface area contributed by atoms with Gasteiger partial charge in [-0.05, 0) is 0 Å². The Morgan fingerprint density at radius 3 is 2.67 bits per heavy atom. The van der Waals surface area contributed by atoms with Crippen molar-refractivity contribution in [3.05, 3.63) is 36.2 Å². The first kappa shape index (κ1) is 8.78. The van der Waals surface area contributed by atoms with Crippen molar-refractivity contribution < 1.29 is 4.39 Å². The third-order valence-electron chi connectivity index (χ3n) is 1.62. The predicted octanol–water partition coefficient (Wildman–Crippen LogP) is 2.33. The van der Waals surface area contributed by atoms with Crippen LogP contribution < -0.4 is 4.90 Å². The molecule has 0 spiro atoms. The Labute approximate surface area is 72.1 Å². The molecule has 0 aliphatic carbocycles. The molecule has 0 unspecified atom stereocenters. The lowest BCUT2D eigenvalue weighted by Crippen LogP contribution is -2.12. The van der Waals surface area contributed by atoms with E-state index in [1.165, 1.54) is 0 Å². The van der Waals surface area contributed by atoms with Gasteiger partial charge in [0.05, 0.1) is 5.69 Å². The van der Waals surface area contributed by atoms with Crippen LogP contribution in [-0.4, -0.2) is 14.1 Å². The maximum absolute atomic E-state index is 13.1. The molecule has 0 N–H and O–H groups in total. The van der Waals surface area contributed by atoms with Crippen LogP contribution in [0.4, 0.5) is 10.1 Å². The van der Waals surface area contributed by atoms with E-state index in [-0.39, 0.29) is 5.82 Å². The minimum atomic E-state index is -0.336. The first-order valence-electron chi connectivity index (χ1n) is 3.66. The fourth-order valence-electron chi connectivity index (χ4n) is 1.10. The number of nitrogens with zero attached hydrogens (tertiary/aromatic N) is 1. The highest BCUT2D eigenvalue weighted by molar-refractivity contribution is 5.66. The van der Waals surface area contributed by atoms with Gasteiger partial charge in [0, 0.05) is 25.7 Å². The van der Waals surface area contributed by atoms with E-state index in [1.54, 1.807) is 37.2 Å². The molecule has 0 saturated carbocycles. The van der Waals surface area contributed by atoms with E-state index in [4.69, 9.17) is 0 Å². The lowest BCUT2D eigenvalue weighted by Gasteiger charge is -2.15. The molecule has 12 heavy (non-hydrogen) atoms. The van der Waals surface area contributed by atoms with Crippen molar-refractivity contribution in [3.63, 3.8) is 0 Å². The molecule has 1 nitrogen and oxygen atoms in total. The van der Waals surface area contributed by atoms with Crippen molar-refractivity contribution >= 4 is 11.8 Å². The summed E-state index contributed by atoms with van der Waals surface area (Å²) in [5.74, 6) is -0.336. The van der Waals surface area contributed by atoms with Gasteiger partial charge in [-0.25, -0.2) is 4.39 Å². The van der Waals surface area contributed by atoms with Crippen molar-refractivity contribution in [3.8, 4) is 0 Å². The number of rotatable bonds is 2. The zero-order chi connectivity index (χ0) is 9.14. The molecule has 2 heteroatoms. The molecule has 0 aliphatic rings. The summed E-state index contributed by atoms with van der Waals surface area (Å²) in [6.07, 6.45) is 1.63. The summed E-state index contributed by atoms with van der Waals surface area (Å²) in [5, 5.41) is 0. The zero-order valence-corrected chi connectivity index (χ0v) is 7.26. The molecule has 0 aliphatic heterocycles. The van der Waals surface area contributed by atoms with Crippen LogP contribution in [0.25, 0.3) is 6.08 Å². The van der Waals surface area contributed by atoms with Crippen molar-refractivity contribution in [2.75, 3.05) is 19.0 Å². The smallest absolute Gasteiger partial charge is 0.155 e. The number of hydrogen-bond acceptors (Lipinski definition) is 1. The summed E-state index contributed by atoms with van der Waals surface area (Å²) in [4.78, 5) is 1.71. The molecular formula is C10H11FN. The van der Waals surface area contributed by atoms with Gasteiger partial charge < -0.3 is 4.90 Å². The van der Waals surface area contributed by atoms with Crippen LogP contribution in [0.5, 0.6) is 0 Å². The largest absolute Gasteiger partial charge is 0.375 e. The molecule has 0 fully saturated rings. The Balaban J connectivity index is 3.29. The van der Waals surface area contributed by atoms with Crippen LogP contribution in [0, 0.1) is 11.9 Å². The Morgan fingerprint density at radius 2 is 2.25 bits per heavy atom. The van der Waals surface area contributed by atoms with Gasteiger partial charge in [-0.3, -0.25) is 0 Å². The van der Waals surface area contributed by atoms with E-state index < -0.39 is 0 Å². The second kappa shape index (κ2) is 3.39. The molecule has 1 rings (SSSR count). The first-order valence-corrected chi connectivity index (χ1v) is 3.66. The summed E-state index contributed by atoms with van der Waals surface area (Å²) < 4.78 is 13.1. The molecule has 0 aromatic heterocycles. The number of anilines is 1. The number of hydrogen-bond donors (Lipinski definition) is 0. The standard InChI is InChI=1S/C10H11FN/c1-4-8-6-5-7-9(11)10(8)12(2)3/h4-6H,1H2,2-3H3. The van der Waals surface area contributed by atoms with Gasteiger partial charge in [-0.2, -0.15) is 0 Å². The lowest BCUT2D eigenvalue weighted by atomic mass is 10.1. The van der Waals surface area contributed by atoms with Crippen LogP contribution >= 0.6 is 0 Å². The molecule has 1 radical (unpaired) electrons. The molecule has 1 aromatic carbocycles. The van der Waals surface area contributed by atoms with Crippen molar-refractivity contribution in [1.29, 1.82) is 0 Å². The van der Waals surface area contributed by atoms with Gasteiger partial charge in [0.2, 0.25) is 0 Å². The summed E-state index contributed by atoms with van der Waals surface area (Å²) in [7, 11) is 3.58. The SMILES string of the molecule is C=Cc1cc[c]c(F)c1N(C)C. The second-order valence-electron chi connectivity index (χ2n) is 2.69. The third kappa shape index (κ3) is 1.47. The van der Waals surface area contributed by atoms with Crippen LogP contribution in [-0.2, 0) is 0 Å². The molecule has 0 bridgehead atoms. The number of benzene rings is 1. The summed E-state index contributed by atoms with van der Waals surface area (Å²) in [5.41, 5.74) is 1.32. The van der Waals surface area contributed by atoms with E-state index in [1.807, 2.05) is 0 Å². The topological polar surface area (TPSA) is 3.24 Å². The Morgan fingerprint density at radius 1 is 1.58 bits per heavy atom. The number of halogens is 1. The van der Waals surface area contributed by atoms with E-state index >= 15 is 0 Å². The molecule has 0 heterocycles. The molecule has 0 amide bonds. The third-order valence-corrected chi connectivity index (χ3v) is 1.62. The van der Waals surface area contributed by atoms with Crippen molar-refractivity contribution in [2.45, 2.75) is 0 Å². The van der Waals surface area contributed by atoms with Crippen LogP contribution in [0.1, 0.15) is 5.56 Å². The predicted molar refractivity (Wildman–Crippen MR) is 49.7 cm³/mol. The molecule has 63 valence electrons. The summed E-state index contributed by atoms with van der Waals surface area (Å²) in [6, 6.07) is 5.84. The zero-order valence-electron chi connectivity index (χ0n) is 7.26. The highest BCUT2D eigenvalue weighted by Crippen LogP contribution is 2.22. The van der Waals surface area contributed by atoms with Crippen LogP contribution in [0.2, 0.25) is 0 Å². The van der Waals surface area contributed by atoms with E-state index in [0.29, 0.717) is 5.69 Å². The molecular weight excluding hydrogens is 153 g/mol. The van der Waals surface area contributed by atoms with E-state index in [2.05, 4.69) is 12.6 Å². The highest BCUT2D eigenvalue weighted by atomic mass is 19.1. The summed E-state index contributed by atoms with van der Waals surface area (Å²) >= 11 is 0. The van der Waals surface area contributed by atoms with Crippen LogP contribution in [0.15, 0.2) is 18.7 Å². The van der Waals surface area contributed by atoms with Gasteiger partial charge in [0.1, 0.15) is 0 Å². The van der Waals surface area contributed by atoms with Crippen molar-refractivity contribution in [1.82, 2.24) is 0 Å². The molecule has 0 atom stereocenters. The van der Waals surface area contributed by atoms with Gasteiger partial charge in [0.25, 0.3) is 0 Å². The average Bonchev–Trinajstić information content (AvgIpc) is 2.03. The normalized spacial score (nSPS) is 9.58. The second-order valence-corrected chi connectivity index (χ2v) is 2.69. The fourth-order valence-corrected chi connectivity index (χ4v) is 1.10. The quantitative estimate of drug-likeness (QED) is 0.648. The highest BCUT2D eigenvalue weighted by Gasteiger charge is 2.07. The maximum Gasteiger partial charge on any atom is 0.155 e. The minimum Gasteiger partial charge on any atom is -0.375 e. The Hall–Kier alpha value is -1.31.